The Labute approximate surface area is 58.4 Å². The fourth-order valence-electron chi connectivity index (χ4n) is 0.218. The monoisotopic (exact) mass is 149 g/mol. The third kappa shape index (κ3) is 2.32. The van der Waals surface area contributed by atoms with Crippen molar-refractivity contribution in [2.75, 3.05) is 7.05 Å². The molecule has 2 N–H and O–H groups in total. The van der Waals surface area contributed by atoms with E-state index in [1.165, 1.54) is 14.0 Å². The van der Waals surface area contributed by atoms with Gasteiger partial charge in [0.25, 0.3) is 0 Å². The maximum absolute atomic E-state index is 10.5. The van der Waals surface area contributed by atoms with Crippen LogP contribution >= 0.6 is 11.8 Å². The number of carbonyl (C=O) groups is 1. The van der Waals surface area contributed by atoms with Crippen LogP contribution in [-0.2, 0) is 4.79 Å². The Hall–Kier alpha value is -0.770. The fourth-order valence-corrected chi connectivity index (χ4v) is 0.331. The number of nitrogens with zero attached hydrogens (tertiary/aromatic N) is 2. The van der Waals surface area contributed by atoms with Gasteiger partial charge in [0.1, 0.15) is 0 Å². The van der Waals surface area contributed by atoms with Gasteiger partial charge < -0.3 is 5.73 Å². The molecular formula is C4H8ClN3O. The third-order valence-corrected chi connectivity index (χ3v) is 1.08. The molecule has 9 heavy (non-hydrogen) atoms. The fraction of sp³-hybridized carbons (Fsp3) is 0.500. The van der Waals surface area contributed by atoms with Crippen LogP contribution < -0.4 is 5.73 Å². The van der Waals surface area contributed by atoms with Gasteiger partial charge in [-0.3, -0.25) is 9.69 Å². The third-order valence-electron chi connectivity index (χ3n) is 0.903. The number of hydrogen-bond acceptors (Lipinski definition) is 2. The number of carbonyl (C=O) groups excluding carboxylic acids is 1. The summed E-state index contributed by atoms with van der Waals surface area (Å²) in [5.41, 5.74) is 5.14. The molecule has 0 atom stereocenters. The molecule has 0 unspecified atom stereocenters. The van der Waals surface area contributed by atoms with Crippen LogP contribution in [0.1, 0.15) is 6.92 Å². The molecule has 0 fully saturated rings. The van der Waals surface area contributed by atoms with Crippen molar-refractivity contribution in [3.63, 3.8) is 0 Å². The quantitative estimate of drug-likeness (QED) is 0.387. The maximum atomic E-state index is 10.5. The molecule has 0 aliphatic carbocycles. The van der Waals surface area contributed by atoms with Gasteiger partial charge in [0.05, 0.1) is 0 Å². The van der Waals surface area contributed by atoms with Crippen molar-refractivity contribution in [1.29, 1.82) is 0 Å². The predicted octanol–water partition coefficient (Wildman–Crippen LogP) is -0.0668. The van der Waals surface area contributed by atoms with Crippen molar-refractivity contribution >= 4 is 23.6 Å². The Morgan fingerprint density at radius 1 is 1.78 bits per heavy atom. The summed E-state index contributed by atoms with van der Waals surface area (Å²) in [4.78, 5) is 11.6. The van der Waals surface area contributed by atoms with Gasteiger partial charge in [0.2, 0.25) is 11.9 Å². The van der Waals surface area contributed by atoms with E-state index >= 15 is 0 Å². The Balaban J connectivity index is 4.04. The summed E-state index contributed by atoms with van der Waals surface area (Å²) in [6.45, 7) is 1.37. The first-order valence-electron chi connectivity index (χ1n) is 2.28. The molecule has 1 amide bonds. The van der Waals surface area contributed by atoms with E-state index in [0.717, 1.165) is 4.90 Å². The Bertz CT molecular complexity index is 145. The normalized spacial score (nSPS) is 11.2. The molecule has 52 valence electrons. The van der Waals surface area contributed by atoms with Crippen LogP contribution in [0.5, 0.6) is 0 Å². The molecular weight excluding hydrogens is 142 g/mol. The van der Waals surface area contributed by atoms with Gasteiger partial charge in [0.15, 0.2) is 0 Å². The molecule has 0 aromatic rings. The molecule has 4 nitrogen and oxygen atoms in total. The van der Waals surface area contributed by atoms with Crippen LogP contribution in [0.15, 0.2) is 4.51 Å². The summed E-state index contributed by atoms with van der Waals surface area (Å²) in [7, 11) is 1.49. The standard InChI is InChI=1S/C4H8ClN3O/c1-3(9)8(2)4(6)7-5/h1-2H3,(H2,6,7). The highest BCUT2D eigenvalue weighted by atomic mass is 35.5. The van der Waals surface area contributed by atoms with Gasteiger partial charge in [-0.1, -0.05) is 0 Å². The zero-order valence-electron chi connectivity index (χ0n) is 5.26. The van der Waals surface area contributed by atoms with E-state index in [0.29, 0.717) is 0 Å². The lowest BCUT2D eigenvalue weighted by molar-refractivity contribution is -0.124. The second kappa shape index (κ2) is 3.29. The molecule has 0 aromatic carbocycles. The van der Waals surface area contributed by atoms with Crippen LogP contribution in [0.25, 0.3) is 0 Å². The van der Waals surface area contributed by atoms with Gasteiger partial charge in [0, 0.05) is 25.7 Å². The van der Waals surface area contributed by atoms with Crippen LogP contribution in [0.3, 0.4) is 0 Å². The number of amides is 1. The Morgan fingerprint density at radius 3 is 2.33 bits per heavy atom. The average molecular weight is 150 g/mol. The van der Waals surface area contributed by atoms with Gasteiger partial charge in [-0.2, -0.15) is 0 Å². The molecule has 0 heterocycles. The highest BCUT2D eigenvalue weighted by Gasteiger charge is 2.04. The first kappa shape index (κ1) is 8.23. The summed E-state index contributed by atoms with van der Waals surface area (Å²) >= 11 is 4.96. The molecule has 0 aliphatic heterocycles. The van der Waals surface area contributed by atoms with Crippen molar-refractivity contribution in [1.82, 2.24) is 4.90 Å². The molecule has 0 saturated heterocycles. The second-order valence-corrected chi connectivity index (χ2v) is 1.69. The molecule has 0 rings (SSSR count). The molecule has 0 aliphatic rings. The maximum Gasteiger partial charge on any atom is 0.225 e. The highest BCUT2D eigenvalue weighted by molar-refractivity contribution is 6.20. The first-order valence-corrected chi connectivity index (χ1v) is 2.62. The molecule has 0 radical (unpaired) electrons. The smallest absolute Gasteiger partial charge is 0.225 e. The molecule has 0 saturated carbocycles. The number of halogens is 1. The number of nitrogens with two attached hydrogens (primary N) is 1. The Kier molecular flexibility index (Phi) is 3.01. The Morgan fingerprint density at radius 2 is 2.22 bits per heavy atom. The number of guanidine groups is 1. The van der Waals surface area contributed by atoms with Gasteiger partial charge in [-0.05, 0) is 0 Å². The zero-order chi connectivity index (χ0) is 7.44. The summed E-state index contributed by atoms with van der Waals surface area (Å²) in [5, 5.41) is 0. The van der Waals surface area contributed by atoms with Gasteiger partial charge in [-0.25, -0.2) is 0 Å². The van der Waals surface area contributed by atoms with E-state index < -0.39 is 0 Å². The van der Waals surface area contributed by atoms with Crippen molar-refractivity contribution in [3.05, 3.63) is 0 Å². The molecule has 0 aromatic heterocycles. The summed E-state index contributed by atoms with van der Waals surface area (Å²) < 4.78 is 3.08. The van der Waals surface area contributed by atoms with Crippen molar-refractivity contribution < 1.29 is 4.79 Å². The van der Waals surface area contributed by atoms with E-state index in [1.54, 1.807) is 0 Å². The topological polar surface area (TPSA) is 58.7 Å². The lowest BCUT2D eigenvalue weighted by Gasteiger charge is -2.10. The lowest BCUT2D eigenvalue weighted by Crippen LogP contribution is -2.36. The molecule has 0 spiro atoms. The largest absolute Gasteiger partial charge is 0.368 e. The second-order valence-electron chi connectivity index (χ2n) is 1.52. The predicted molar refractivity (Wildman–Crippen MR) is 35.9 cm³/mol. The minimum atomic E-state index is -0.197. The first-order chi connectivity index (χ1) is 4.09. The average Bonchev–Trinajstić information content (AvgIpc) is 1.84. The van der Waals surface area contributed by atoms with Crippen LogP contribution in [0.4, 0.5) is 0 Å². The van der Waals surface area contributed by atoms with Crippen LogP contribution in [0.2, 0.25) is 0 Å². The molecule has 5 heteroatoms. The highest BCUT2D eigenvalue weighted by Crippen LogP contribution is 1.84. The van der Waals surface area contributed by atoms with E-state index in [-0.39, 0.29) is 11.9 Å². The van der Waals surface area contributed by atoms with Crippen molar-refractivity contribution in [2.24, 2.45) is 10.2 Å². The van der Waals surface area contributed by atoms with Gasteiger partial charge in [-0.15, -0.1) is 4.51 Å². The van der Waals surface area contributed by atoms with Crippen molar-refractivity contribution in [3.8, 4) is 0 Å². The molecule has 0 bridgehead atoms. The van der Waals surface area contributed by atoms with Gasteiger partial charge >= 0.3 is 0 Å². The lowest BCUT2D eigenvalue weighted by atomic mass is 10.6. The summed E-state index contributed by atoms with van der Waals surface area (Å²) in [6, 6.07) is 0. The zero-order valence-corrected chi connectivity index (χ0v) is 6.01. The number of hydrogen-bond donors (Lipinski definition) is 1. The van der Waals surface area contributed by atoms with Crippen molar-refractivity contribution in [2.45, 2.75) is 6.92 Å². The number of rotatable bonds is 0. The summed E-state index contributed by atoms with van der Waals surface area (Å²) in [5.74, 6) is -0.193. The SMILES string of the molecule is CC(=O)N(C)C(N)=NCl. The van der Waals surface area contributed by atoms with Crippen LogP contribution in [0, 0.1) is 0 Å². The van der Waals surface area contributed by atoms with E-state index in [4.69, 9.17) is 17.5 Å². The van der Waals surface area contributed by atoms with E-state index in [1.807, 2.05) is 0 Å². The van der Waals surface area contributed by atoms with Crippen LogP contribution in [-0.4, -0.2) is 23.8 Å². The van der Waals surface area contributed by atoms with E-state index in [9.17, 15) is 4.79 Å². The minimum Gasteiger partial charge on any atom is -0.368 e. The summed E-state index contributed by atoms with van der Waals surface area (Å²) in [6.07, 6.45) is 0. The minimum absolute atomic E-state index is 0.00386. The van der Waals surface area contributed by atoms with E-state index in [2.05, 4.69) is 4.51 Å².